The van der Waals surface area contributed by atoms with Crippen molar-refractivity contribution in [1.82, 2.24) is 24.6 Å². The fourth-order valence-electron chi connectivity index (χ4n) is 2.99. The van der Waals surface area contributed by atoms with Crippen molar-refractivity contribution in [2.45, 2.75) is 32.7 Å². The lowest BCUT2D eigenvalue weighted by molar-refractivity contribution is 0.0169. The van der Waals surface area contributed by atoms with Crippen LogP contribution in [0.25, 0.3) is 5.69 Å². The molecule has 1 amide bonds. The maximum atomic E-state index is 13.3. The van der Waals surface area contributed by atoms with Crippen molar-refractivity contribution >= 4 is 5.91 Å². The van der Waals surface area contributed by atoms with Crippen LogP contribution in [-0.4, -0.2) is 49.7 Å². The molecule has 0 aliphatic carbocycles. The summed E-state index contributed by atoms with van der Waals surface area (Å²) in [5, 5.41) is 4.18. The van der Waals surface area contributed by atoms with Crippen LogP contribution in [0.3, 0.4) is 0 Å². The molecule has 7 nitrogen and oxygen atoms in total. The van der Waals surface area contributed by atoms with Gasteiger partial charge in [0.15, 0.2) is 0 Å². The standard InChI is InChI=1S/C21H23F2N5O2/c1-4-27(15(2)14-30-19-7-6-16(12-25-19)21(3,22)23)20(29)17-8-10-24-13-18(17)28-11-5-9-26-28/h5-13,15H,4,14H2,1-3H3/t15-/m0/s1. The van der Waals surface area contributed by atoms with E-state index in [1.165, 1.54) is 12.1 Å². The normalized spacial score (nSPS) is 12.4. The van der Waals surface area contributed by atoms with Crippen LogP contribution in [-0.2, 0) is 5.92 Å². The summed E-state index contributed by atoms with van der Waals surface area (Å²) in [6.07, 6.45) is 7.61. The van der Waals surface area contributed by atoms with Crippen LogP contribution in [0.1, 0.15) is 36.7 Å². The zero-order valence-corrected chi connectivity index (χ0v) is 17.0. The molecular weight excluding hydrogens is 392 g/mol. The molecule has 0 N–H and O–H groups in total. The summed E-state index contributed by atoms with van der Waals surface area (Å²) in [7, 11) is 0. The summed E-state index contributed by atoms with van der Waals surface area (Å²) in [5.41, 5.74) is 0.865. The highest BCUT2D eigenvalue weighted by Gasteiger charge is 2.25. The Bertz CT molecular complexity index is 972. The Morgan fingerprint density at radius 1 is 1.27 bits per heavy atom. The zero-order chi connectivity index (χ0) is 21.7. The molecule has 0 radical (unpaired) electrons. The van der Waals surface area contributed by atoms with Crippen LogP contribution in [0.5, 0.6) is 5.88 Å². The maximum Gasteiger partial charge on any atom is 0.272 e. The van der Waals surface area contributed by atoms with Crippen molar-refractivity contribution in [2.24, 2.45) is 0 Å². The molecule has 3 heterocycles. The van der Waals surface area contributed by atoms with Crippen LogP contribution in [0.2, 0.25) is 0 Å². The smallest absolute Gasteiger partial charge is 0.272 e. The predicted molar refractivity (Wildman–Crippen MR) is 107 cm³/mol. The number of carbonyl (C=O) groups excluding carboxylic acids is 1. The first-order chi connectivity index (χ1) is 14.3. The summed E-state index contributed by atoms with van der Waals surface area (Å²) in [5.74, 6) is -2.92. The molecule has 3 aromatic rings. The van der Waals surface area contributed by atoms with Crippen LogP contribution < -0.4 is 4.74 Å². The summed E-state index contributed by atoms with van der Waals surface area (Å²) in [4.78, 5) is 22.9. The van der Waals surface area contributed by atoms with Crippen molar-refractivity contribution in [1.29, 1.82) is 0 Å². The maximum absolute atomic E-state index is 13.3. The Labute approximate surface area is 173 Å². The summed E-state index contributed by atoms with van der Waals surface area (Å²) in [6.45, 7) is 5.16. The van der Waals surface area contributed by atoms with Gasteiger partial charge in [-0.15, -0.1) is 0 Å². The van der Waals surface area contributed by atoms with E-state index in [1.54, 1.807) is 46.5 Å². The average molecular weight is 415 g/mol. The number of likely N-dealkylation sites (N-methyl/N-ethyl adjacent to an activating group) is 1. The number of ether oxygens (including phenoxy) is 1. The van der Waals surface area contributed by atoms with Gasteiger partial charge in [-0.3, -0.25) is 9.78 Å². The number of nitrogens with zero attached hydrogens (tertiary/aromatic N) is 5. The second-order valence-electron chi connectivity index (χ2n) is 6.87. The van der Waals surface area contributed by atoms with E-state index in [2.05, 4.69) is 15.1 Å². The van der Waals surface area contributed by atoms with Gasteiger partial charge in [-0.2, -0.15) is 5.10 Å². The van der Waals surface area contributed by atoms with E-state index >= 15 is 0 Å². The van der Waals surface area contributed by atoms with Gasteiger partial charge in [0.05, 0.1) is 23.5 Å². The Balaban J connectivity index is 1.71. The highest BCUT2D eigenvalue weighted by Crippen LogP contribution is 2.27. The van der Waals surface area contributed by atoms with Gasteiger partial charge in [-0.25, -0.2) is 18.4 Å². The second-order valence-corrected chi connectivity index (χ2v) is 6.87. The second kappa shape index (κ2) is 8.98. The Morgan fingerprint density at radius 2 is 2.07 bits per heavy atom. The highest BCUT2D eigenvalue weighted by molar-refractivity contribution is 5.97. The topological polar surface area (TPSA) is 73.1 Å². The number of halogens is 2. The van der Waals surface area contributed by atoms with Crippen LogP contribution in [0.15, 0.2) is 55.2 Å². The lowest BCUT2D eigenvalue weighted by atomic mass is 10.1. The Morgan fingerprint density at radius 3 is 2.67 bits per heavy atom. The molecule has 3 rings (SSSR count). The van der Waals surface area contributed by atoms with E-state index in [1.807, 2.05) is 13.8 Å². The van der Waals surface area contributed by atoms with E-state index in [0.29, 0.717) is 17.8 Å². The van der Waals surface area contributed by atoms with E-state index in [9.17, 15) is 13.6 Å². The molecule has 3 aromatic heterocycles. The lowest BCUT2D eigenvalue weighted by Crippen LogP contribution is -2.42. The third-order valence-corrected chi connectivity index (χ3v) is 4.63. The number of hydrogen-bond acceptors (Lipinski definition) is 5. The van der Waals surface area contributed by atoms with Gasteiger partial charge in [-0.05, 0) is 32.0 Å². The predicted octanol–water partition coefficient (Wildman–Crippen LogP) is 3.70. The summed E-state index contributed by atoms with van der Waals surface area (Å²) in [6, 6.07) is 5.82. The Kier molecular flexibility index (Phi) is 6.39. The van der Waals surface area contributed by atoms with Gasteiger partial charge in [-0.1, -0.05) is 0 Å². The first-order valence-electron chi connectivity index (χ1n) is 9.53. The average Bonchev–Trinajstić information content (AvgIpc) is 3.27. The zero-order valence-electron chi connectivity index (χ0n) is 17.0. The van der Waals surface area contributed by atoms with Crippen molar-refractivity contribution in [2.75, 3.05) is 13.2 Å². The third-order valence-electron chi connectivity index (χ3n) is 4.63. The number of rotatable bonds is 8. The minimum atomic E-state index is -2.96. The first kappa shape index (κ1) is 21.4. The first-order valence-corrected chi connectivity index (χ1v) is 9.53. The van der Waals surface area contributed by atoms with Gasteiger partial charge in [0.2, 0.25) is 5.88 Å². The Hall–Kier alpha value is -3.36. The fraction of sp³-hybridized carbons (Fsp3) is 0.333. The monoisotopic (exact) mass is 415 g/mol. The van der Waals surface area contributed by atoms with Crippen LogP contribution >= 0.6 is 0 Å². The number of hydrogen-bond donors (Lipinski definition) is 0. The fourth-order valence-corrected chi connectivity index (χ4v) is 2.99. The molecular formula is C21H23F2N5O2. The third kappa shape index (κ3) is 4.79. The lowest BCUT2D eigenvalue weighted by Gasteiger charge is -2.28. The van der Waals surface area contributed by atoms with E-state index in [-0.39, 0.29) is 30.0 Å². The number of pyridine rings is 2. The summed E-state index contributed by atoms with van der Waals surface area (Å²) >= 11 is 0. The van der Waals surface area contributed by atoms with Gasteiger partial charge < -0.3 is 9.64 Å². The van der Waals surface area contributed by atoms with Crippen molar-refractivity contribution in [3.63, 3.8) is 0 Å². The molecule has 158 valence electrons. The molecule has 0 aromatic carbocycles. The minimum Gasteiger partial charge on any atom is -0.475 e. The minimum absolute atomic E-state index is 0.163. The van der Waals surface area contributed by atoms with Crippen LogP contribution in [0.4, 0.5) is 8.78 Å². The van der Waals surface area contributed by atoms with E-state index in [4.69, 9.17) is 4.74 Å². The summed E-state index contributed by atoms with van der Waals surface area (Å²) < 4.78 is 33.8. The highest BCUT2D eigenvalue weighted by atomic mass is 19.3. The number of amides is 1. The molecule has 30 heavy (non-hydrogen) atoms. The van der Waals surface area contributed by atoms with Gasteiger partial charge in [0.25, 0.3) is 11.8 Å². The van der Waals surface area contributed by atoms with Gasteiger partial charge in [0.1, 0.15) is 6.61 Å². The van der Waals surface area contributed by atoms with Crippen LogP contribution in [0, 0.1) is 0 Å². The van der Waals surface area contributed by atoms with E-state index < -0.39 is 5.92 Å². The SMILES string of the molecule is CCN(C(=O)c1ccncc1-n1cccn1)[C@@H](C)COc1ccc(C(C)(F)F)cn1. The van der Waals surface area contributed by atoms with Gasteiger partial charge >= 0.3 is 0 Å². The molecule has 0 unspecified atom stereocenters. The van der Waals surface area contributed by atoms with Gasteiger partial charge in [0, 0.05) is 49.9 Å². The molecule has 9 heteroatoms. The number of aromatic nitrogens is 4. The molecule has 0 saturated heterocycles. The van der Waals surface area contributed by atoms with Crippen molar-refractivity contribution in [3.8, 4) is 11.6 Å². The molecule has 1 atom stereocenters. The number of alkyl halides is 2. The molecule has 0 bridgehead atoms. The molecule has 0 fully saturated rings. The number of carbonyl (C=O) groups is 1. The van der Waals surface area contributed by atoms with Crippen molar-refractivity contribution < 1.29 is 18.3 Å². The molecule has 0 aliphatic rings. The van der Waals surface area contributed by atoms with E-state index in [0.717, 1.165) is 13.1 Å². The largest absolute Gasteiger partial charge is 0.475 e. The molecule has 0 spiro atoms. The quantitative estimate of drug-likeness (QED) is 0.561. The van der Waals surface area contributed by atoms with Crippen molar-refractivity contribution in [3.05, 3.63) is 66.4 Å². The molecule has 0 aliphatic heterocycles. The molecule has 0 saturated carbocycles.